The van der Waals surface area contributed by atoms with Gasteiger partial charge < -0.3 is 39.2 Å². The molecule has 246 valence electrons. The summed E-state index contributed by atoms with van der Waals surface area (Å²) in [7, 11) is 0.510. The molecule has 47 heavy (non-hydrogen) atoms. The third-order valence-electron chi connectivity index (χ3n) is 7.73. The van der Waals surface area contributed by atoms with E-state index in [0.717, 1.165) is 21.3 Å². The van der Waals surface area contributed by atoms with Crippen LogP contribution in [0.4, 0.5) is 5.82 Å². The van der Waals surface area contributed by atoms with Crippen LogP contribution in [0.25, 0.3) is 0 Å². The van der Waals surface area contributed by atoms with Gasteiger partial charge in [0.1, 0.15) is 35.2 Å². The van der Waals surface area contributed by atoms with Gasteiger partial charge in [0.15, 0.2) is 0 Å². The fraction of sp³-hybridized carbons (Fsp3) is 0.303. The van der Waals surface area contributed by atoms with Crippen LogP contribution in [-0.4, -0.2) is 58.9 Å². The number of aliphatic hydroxyl groups is 1. The minimum atomic E-state index is -2.65. The van der Waals surface area contributed by atoms with E-state index >= 15 is 0 Å². The predicted octanol–water partition coefficient (Wildman–Crippen LogP) is 3.99. The molecule has 13 nitrogen and oxygen atoms in total. The fourth-order valence-electron chi connectivity index (χ4n) is 5.41. The molecule has 0 spiro atoms. The maximum Gasteiger partial charge on any atom is 0.351 e. The molecule has 1 fully saturated rings. The highest BCUT2D eigenvalue weighted by atomic mass is 31.2. The topological polar surface area (TPSA) is 181 Å². The SMILES string of the molecule is COc1ccc(C(OC[C@H]2O[C@@H](n3ccc(N)nc3=O)C[C@@]2(O)OP(O)OCCC#N)(c2ccccc2)c2ccc(OC)cc2)cc1. The second-order valence-corrected chi connectivity index (χ2v) is 11.5. The minimum absolute atomic E-state index is 0.00264. The largest absolute Gasteiger partial charge is 0.497 e. The van der Waals surface area contributed by atoms with Crippen molar-refractivity contribution in [2.24, 2.45) is 0 Å². The molecule has 0 amide bonds. The number of nitrogens with two attached hydrogens (primary N) is 1. The average molecular weight is 663 g/mol. The van der Waals surface area contributed by atoms with Crippen LogP contribution in [0.15, 0.2) is 95.9 Å². The van der Waals surface area contributed by atoms with E-state index in [9.17, 15) is 14.8 Å². The Kier molecular flexibility index (Phi) is 10.9. The lowest BCUT2D eigenvalue weighted by molar-refractivity contribution is -0.201. The molecule has 4 N–H and O–H groups in total. The van der Waals surface area contributed by atoms with Crippen molar-refractivity contribution >= 4 is 14.4 Å². The van der Waals surface area contributed by atoms with Gasteiger partial charge in [-0.1, -0.05) is 54.6 Å². The number of nitrogen functional groups attached to an aromatic ring is 1. The van der Waals surface area contributed by atoms with Gasteiger partial charge in [0.2, 0.25) is 5.79 Å². The van der Waals surface area contributed by atoms with Crippen molar-refractivity contribution < 1.29 is 38.0 Å². The number of anilines is 1. The van der Waals surface area contributed by atoms with Crippen LogP contribution < -0.4 is 20.9 Å². The molecular weight excluding hydrogens is 627 g/mol. The molecular formula is C33H35N4O9P. The van der Waals surface area contributed by atoms with Gasteiger partial charge in [0.05, 0.1) is 46.3 Å². The van der Waals surface area contributed by atoms with Gasteiger partial charge in [0.25, 0.3) is 0 Å². The predicted molar refractivity (Wildman–Crippen MR) is 171 cm³/mol. The molecule has 0 radical (unpaired) electrons. The van der Waals surface area contributed by atoms with Crippen LogP contribution in [0.2, 0.25) is 0 Å². The van der Waals surface area contributed by atoms with Gasteiger partial charge in [-0.05, 0) is 47.0 Å². The van der Waals surface area contributed by atoms with Crippen LogP contribution in [0.5, 0.6) is 11.5 Å². The van der Waals surface area contributed by atoms with Crippen molar-refractivity contribution in [1.29, 1.82) is 5.26 Å². The molecule has 2 heterocycles. The fourth-order valence-corrected chi connectivity index (χ4v) is 6.17. The Hall–Kier alpha value is -4.38. The molecule has 14 heteroatoms. The van der Waals surface area contributed by atoms with Crippen LogP contribution in [0.3, 0.4) is 0 Å². The summed E-state index contributed by atoms with van der Waals surface area (Å²) in [6, 6.07) is 27.7. The summed E-state index contributed by atoms with van der Waals surface area (Å²) in [6.07, 6.45) is -1.22. The van der Waals surface area contributed by atoms with Gasteiger partial charge >= 0.3 is 14.3 Å². The summed E-state index contributed by atoms with van der Waals surface area (Å²) in [5.41, 5.74) is 5.94. The first-order chi connectivity index (χ1) is 22.7. The maximum atomic E-state index is 12.7. The molecule has 5 rings (SSSR count). The summed E-state index contributed by atoms with van der Waals surface area (Å²) >= 11 is 0. The summed E-state index contributed by atoms with van der Waals surface area (Å²) in [5.74, 6) is -0.885. The number of aromatic nitrogens is 2. The zero-order chi connectivity index (χ0) is 33.4. The van der Waals surface area contributed by atoms with E-state index in [-0.39, 0.29) is 31.9 Å². The normalized spacial score (nSPS) is 20.0. The number of ether oxygens (including phenoxy) is 4. The van der Waals surface area contributed by atoms with Gasteiger partial charge in [0, 0.05) is 6.20 Å². The highest BCUT2D eigenvalue weighted by Gasteiger charge is 2.53. The van der Waals surface area contributed by atoms with Crippen LogP contribution in [-0.2, 0) is 24.1 Å². The molecule has 0 bridgehead atoms. The molecule has 1 saturated heterocycles. The molecule has 1 aromatic heterocycles. The molecule has 1 unspecified atom stereocenters. The smallest absolute Gasteiger partial charge is 0.351 e. The Morgan fingerprint density at radius 1 is 1.02 bits per heavy atom. The maximum absolute atomic E-state index is 12.7. The Balaban J connectivity index is 1.57. The van der Waals surface area contributed by atoms with E-state index in [0.29, 0.717) is 11.5 Å². The number of nitriles is 1. The summed E-state index contributed by atoms with van der Waals surface area (Å²) < 4.78 is 36.0. The van der Waals surface area contributed by atoms with E-state index in [4.69, 9.17) is 39.0 Å². The number of hydrogen-bond donors (Lipinski definition) is 3. The van der Waals surface area contributed by atoms with Crippen molar-refractivity contribution in [3.05, 3.63) is 118 Å². The van der Waals surface area contributed by atoms with Crippen LogP contribution >= 0.6 is 8.60 Å². The highest BCUT2D eigenvalue weighted by Crippen LogP contribution is 2.48. The Morgan fingerprint density at radius 2 is 1.62 bits per heavy atom. The van der Waals surface area contributed by atoms with E-state index < -0.39 is 38.0 Å². The Labute approximate surface area is 272 Å². The summed E-state index contributed by atoms with van der Waals surface area (Å²) in [6.45, 7) is -0.411. The molecule has 4 atom stereocenters. The molecule has 0 saturated carbocycles. The Bertz CT molecular complexity index is 1670. The van der Waals surface area contributed by atoms with E-state index in [2.05, 4.69) is 4.98 Å². The van der Waals surface area contributed by atoms with Crippen molar-refractivity contribution in [2.45, 2.75) is 36.6 Å². The van der Waals surface area contributed by atoms with E-state index in [1.807, 2.05) is 84.9 Å². The third-order valence-corrected chi connectivity index (χ3v) is 8.61. The minimum Gasteiger partial charge on any atom is -0.497 e. The molecule has 4 aromatic rings. The van der Waals surface area contributed by atoms with Crippen LogP contribution in [0.1, 0.15) is 35.8 Å². The van der Waals surface area contributed by atoms with E-state index in [1.54, 1.807) is 14.2 Å². The third kappa shape index (κ3) is 7.45. The zero-order valence-electron chi connectivity index (χ0n) is 25.8. The average Bonchev–Trinajstić information content (AvgIpc) is 3.41. The number of hydrogen-bond acceptors (Lipinski definition) is 12. The first-order valence-corrected chi connectivity index (χ1v) is 15.7. The van der Waals surface area contributed by atoms with Crippen molar-refractivity contribution in [2.75, 3.05) is 33.2 Å². The zero-order valence-corrected chi connectivity index (χ0v) is 26.7. The lowest BCUT2D eigenvalue weighted by Gasteiger charge is -2.38. The summed E-state index contributed by atoms with van der Waals surface area (Å²) in [5, 5.41) is 20.7. The monoisotopic (exact) mass is 662 g/mol. The highest BCUT2D eigenvalue weighted by molar-refractivity contribution is 7.40. The second kappa shape index (κ2) is 15.0. The van der Waals surface area contributed by atoms with Gasteiger partial charge in [-0.25, -0.2) is 4.79 Å². The number of rotatable bonds is 14. The van der Waals surface area contributed by atoms with Crippen molar-refractivity contribution in [3.63, 3.8) is 0 Å². The first-order valence-electron chi connectivity index (χ1n) is 14.6. The second-order valence-electron chi connectivity index (χ2n) is 10.6. The van der Waals surface area contributed by atoms with Crippen LogP contribution in [0, 0.1) is 11.3 Å². The van der Waals surface area contributed by atoms with E-state index in [1.165, 1.54) is 12.3 Å². The lowest BCUT2D eigenvalue weighted by Crippen LogP contribution is -2.45. The van der Waals surface area contributed by atoms with Gasteiger partial charge in [-0.15, -0.1) is 0 Å². The standard InChI is InChI=1S/C33H35N4O9P/c1-41-26-13-9-24(10-14-26)33(23-7-4-3-5-8-23,25-11-15-27(42-2)16-12-25)43-22-28-32(39,46-47(40)44-20-6-18-34)21-30(45-28)37-19-17-29(35)36-31(37)38/h3-5,7-17,19,28,30,39-40H,6,20-22H2,1-2H3,(H2,35,36,38)/t28-,30-,32-,47?/m1/s1. The Morgan fingerprint density at radius 3 is 2.17 bits per heavy atom. The lowest BCUT2D eigenvalue weighted by atomic mass is 9.80. The molecule has 3 aromatic carbocycles. The molecule has 1 aliphatic heterocycles. The number of methoxy groups -OCH3 is 2. The quantitative estimate of drug-likeness (QED) is 0.0766. The van der Waals surface area contributed by atoms with Crippen molar-refractivity contribution in [1.82, 2.24) is 9.55 Å². The van der Waals surface area contributed by atoms with Crippen molar-refractivity contribution in [3.8, 4) is 17.6 Å². The van der Waals surface area contributed by atoms with Gasteiger partial charge in [-0.2, -0.15) is 10.2 Å². The first kappa shape index (κ1) is 34.0. The summed E-state index contributed by atoms with van der Waals surface area (Å²) in [4.78, 5) is 27.1. The molecule has 1 aliphatic rings. The number of nitrogens with zero attached hydrogens (tertiary/aromatic N) is 3. The van der Waals surface area contributed by atoms with Gasteiger partial charge in [-0.3, -0.25) is 9.09 Å². The molecule has 0 aliphatic carbocycles. The number of benzene rings is 3.